The van der Waals surface area contributed by atoms with E-state index in [2.05, 4.69) is 18.2 Å². The topological polar surface area (TPSA) is 33.0 Å². The number of nitrogens with zero attached hydrogens (tertiary/aromatic N) is 1. The lowest BCUT2D eigenvalue weighted by Crippen LogP contribution is -1.95. The van der Waals surface area contributed by atoms with E-state index in [1.165, 1.54) is 11.6 Å². The molecule has 0 aliphatic heterocycles. The zero-order valence-electron chi connectivity index (χ0n) is 14.4. The lowest BCUT2D eigenvalue weighted by Gasteiger charge is -2.07. The average molecular weight is 343 g/mol. The summed E-state index contributed by atoms with van der Waals surface area (Å²) in [5.41, 5.74) is 3.72. The predicted octanol–water partition coefficient (Wildman–Crippen LogP) is 5.78. The first kappa shape index (κ1) is 17.4. The van der Waals surface area contributed by atoms with E-state index in [0.717, 1.165) is 16.9 Å². The summed E-state index contributed by atoms with van der Waals surface area (Å²) in [7, 11) is 0. The second kappa shape index (κ2) is 8.13. The summed E-state index contributed by atoms with van der Waals surface area (Å²) in [4.78, 5) is 0. The van der Waals surface area contributed by atoms with Crippen LogP contribution in [0.2, 0.25) is 0 Å². The van der Waals surface area contributed by atoms with E-state index < -0.39 is 5.82 Å². The van der Waals surface area contributed by atoms with Gasteiger partial charge in [0.05, 0.1) is 11.6 Å². The quantitative estimate of drug-likeness (QED) is 0.435. The molecule has 0 unspecified atom stereocenters. The Morgan fingerprint density at radius 3 is 2.35 bits per heavy atom. The number of ether oxygens (including phenoxy) is 1. The minimum atomic E-state index is -0.404. The van der Waals surface area contributed by atoms with Crippen LogP contribution in [-0.4, -0.2) is 0 Å². The summed E-state index contributed by atoms with van der Waals surface area (Å²) in [5, 5.41) is 9.34. The van der Waals surface area contributed by atoms with Crippen molar-refractivity contribution in [2.24, 2.45) is 0 Å². The Hall–Kier alpha value is -3.38. The Bertz CT molecular complexity index is 951. The summed E-state index contributed by atoms with van der Waals surface area (Å²) in [6.45, 7) is 2.54. The Morgan fingerprint density at radius 2 is 1.69 bits per heavy atom. The van der Waals surface area contributed by atoms with Crippen molar-refractivity contribution < 1.29 is 9.13 Å². The van der Waals surface area contributed by atoms with E-state index in [0.29, 0.717) is 12.2 Å². The smallest absolute Gasteiger partial charge is 0.131 e. The zero-order valence-corrected chi connectivity index (χ0v) is 14.4. The van der Waals surface area contributed by atoms with E-state index in [1.807, 2.05) is 43.3 Å². The van der Waals surface area contributed by atoms with Gasteiger partial charge in [-0.25, -0.2) is 4.39 Å². The molecule has 3 heteroatoms. The van der Waals surface area contributed by atoms with Crippen LogP contribution in [0.1, 0.15) is 22.3 Å². The normalized spacial score (nSPS) is 11.0. The Balaban J connectivity index is 1.71. The van der Waals surface area contributed by atoms with Crippen LogP contribution in [-0.2, 0) is 6.61 Å². The molecule has 128 valence electrons. The van der Waals surface area contributed by atoms with Gasteiger partial charge in [0.25, 0.3) is 0 Å². The minimum absolute atomic E-state index is 0.288. The molecule has 0 N–H and O–H groups in total. The van der Waals surface area contributed by atoms with E-state index in [1.54, 1.807) is 24.3 Å². The maximum absolute atomic E-state index is 13.9. The number of hydrogen-bond acceptors (Lipinski definition) is 2. The van der Waals surface area contributed by atoms with Crippen LogP contribution in [0.25, 0.3) is 11.6 Å². The average Bonchev–Trinajstić information content (AvgIpc) is 2.67. The van der Waals surface area contributed by atoms with E-state index in [9.17, 15) is 9.65 Å². The molecule has 0 aliphatic carbocycles. The number of allylic oxidation sites excluding steroid dienone is 1. The van der Waals surface area contributed by atoms with Gasteiger partial charge in [-0.05, 0) is 42.3 Å². The second-order valence-corrected chi connectivity index (χ2v) is 5.99. The summed E-state index contributed by atoms with van der Waals surface area (Å²) < 4.78 is 19.6. The number of nitriles is 1. The highest BCUT2D eigenvalue weighted by atomic mass is 19.1. The Labute approximate surface area is 152 Å². The third kappa shape index (κ3) is 4.37. The molecule has 0 radical (unpaired) electrons. The first-order valence-corrected chi connectivity index (χ1v) is 8.31. The number of hydrogen-bond donors (Lipinski definition) is 0. The van der Waals surface area contributed by atoms with Crippen molar-refractivity contribution >= 4 is 11.6 Å². The first-order chi connectivity index (χ1) is 12.7. The molecule has 26 heavy (non-hydrogen) atoms. The maximum Gasteiger partial charge on any atom is 0.131 e. The van der Waals surface area contributed by atoms with Gasteiger partial charge in [-0.15, -0.1) is 0 Å². The lowest BCUT2D eigenvalue weighted by atomic mass is 10.0. The van der Waals surface area contributed by atoms with Gasteiger partial charge in [0.15, 0.2) is 0 Å². The molecule has 0 bridgehead atoms. The number of benzene rings is 3. The molecular formula is C23H18FNO. The van der Waals surface area contributed by atoms with Crippen LogP contribution in [0, 0.1) is 24.1 Å². The predicted molar refractivity (Wildman–Crippen MR) is 102 cm³/mol. The SMILES string of the molecule is Cc1ccc(COc2ccc(/C=C(/C#N)c3ccccc3F)cc2)cc1. The molecule has 0 atom stereocenters. The number of aryl methyl sites for hydroxylation is 1. The highest BCUT2D eigenvalue weighted by Gasteiger charge is 2.06. The molecule has 0 spiro atoms. The lowest BCUT2D eigenvalue weighted by molar-refractivity contribution is 0.306. The van der Waals surface area contributed by atoms with Gasteiger partial charge in [-0.1, -0.05) is 60.2 Å². The monoisotopic (exact) mass is 343 g/mol. The number of halogens is 1. The van der Waals surface area contributed by atoms with Gasteiger partial charge in [0.1, 0.15) is 18.2 Å². The molecule has 0 amide bonds. The Kier molecular flexibility index (Phi) is 5.46. The molecular weight excluding hydrogens is 325 g/mol. The van der Waals surface area contributed by atoms with Gasteiger partial charge < -0.3 is 4.74 Å². The summed E-state index contributed by atoms with van der Waals surface area (Å²) >= 11 is 0. The molecule has 3 aromatic carbocycles. The standard InChI is InChI=1S/C23H18FNO/c1-17-6-8-19(9-7-17)16-26-21-12-10-18(11-13-21)14-20(15-25)22-4-2-3-5-23(22)24/h2-14H,16H2,1H3/b20-14-. The highest BCUT2D eigenvalue weighted by Crippen LogP contribution is 2.22. The molecule has 0 aromatic heterocycles. The molecule has 0 fully saturated rings. The van der Waals surface area contributed by atoms with Crippen LogP contribution in [0.15, 0.2) is 72.8 Å². The van der Waals surface area contributed by atoms with Crippen LogP contribution < -0.4 is 4.74 Å². The van der Waals surface area contributed by atoms with Gasteiger partial charge in [-0.3, -0.25) is 0 Å². The fourth-order valence-corrected chi connectivity index (χ4v) is 2.53. The third-order valence-corrected chi connectivity index (χ3v) is 4.00. The van der Waals surface area contributed by atoms with Crippen LogP contribution in [0.4, 0.5) is 4.39 Å². The molecule has 2 nitrogen and oxygen atoms in total. The zero-order chi connectivity index (χ0) is 18.4. The van der Waals surface area contributed by atoms with Crippen molar-refractivity contribution in [2.45, 2.75) is 13.5 Å². The second-order valence-electron chi connectivity index (χ2n) is 5.99. The van der Waals surface area contributed by atoms with E-state index >= 15 is 0 Å². The molecule has 0 saturated carbocycles. The first-order valence-electron chi connectivity index (χ1n) is 8.31. The third-order valence-electron chi connectivity index (χ3n) is 4.00. The van der Waals surface area contributed by atoms with Crippen molar-refractivity contribution in [1.82, 2.24) is 0 Å². The van der Waals surface area contributed by atoms with Crippen molar-refractivity contribution in [3.8, 4) is 11.8 Å². The van der Waals surface area contributed by atoms with Gasteiger partial charge in [0, 0.05) is 5.56 Å². The summed E-state index contributed by atoms with van der Waals surface area (Å²) in [6, 6.07) is 23.9. The highest BCUT2D eigenvalue weighted by molar-refractivity contribution is 5.89. The maximum atomic E-state index is 13.9. The molecule has 0 saturated heterocycles. The van der Waals surface area contributed by atoms with Crippen molar-refractivity contribution in [1.29, 1.82) is 5.26 Å². The number of rotatable bonds is 5. The molecule has 0 heterocycles. The van der Waals surface area contributed by atoms with Crippen LogP contribution in [0.5, 0.6) is 5.75 Å². The van der Waals surface area contributed by atoms with Gasteiger partial charge in [0.2, 0.25) is 0 Å². The van der Waals surface area contributed by atoms with Crippen molar-refractivity contribution in [3.05, 3.63) is 101 Å². The molecule has 3 rings (SSSR count). The Morgan fingerprint density at radius 1 is 1.00 bits per heavy atom. The van der Waals surface area contributed by atoms with Gasteiger partial charge in [-0.2, -0.15) is 5.26 Å². The fraction of sp³-hybridized carbons (Fsp3) is 0.0870. The van der Waals surface area contributed by atoms with Gasteiger partial charge >= 0.3 is 0 Å². The fourth-order valence-electron chi connectivity index (χ4n) is 2.53. The van der Waals surface area contributed by atoms with Crippen LogP contribution >= 0.6 is 0 Å². The summed E-state index contributed by atoms with van der Waals surface area (Å²) in [5.74, 6) is 0.338. The largest absolute Gasteiger partial charge is 0.489 e. The van der Waals surface area contributed by atoms with E-state index in [4.69, 9.17) is 4.74 Å². The van der Waals surface area contributed by atoms with Crippen molar-refractivity contribution in [3.63, 3.8) is 0 Å². The van der Waals surface area contributed by atoms with Crippen LogP contribution in [0.3, 0.4) is 0 Å². The minimum Gasteiger partial charge on any atom is -0.489 e. The molecule has 3 aromatic rings. The van der Waals surface area contributed by atoms with Crippen molar-refractivity contribution in [2.75, 3.05) is 0 Å². The molecule has 0 aliphatic rings. The van der Waals surface area contributed by atoms with E-state index in [-0.39, 0.29) is 5.57 Å². The summed E-state index contributed by atoms with van der Waals surface area (Å²) in [6.07, 6.45) is 1.67.